The van der Waals surface area contributed by atoms with Crippen molar-refractivity contribution in [3.8, 4) is 0 Å². The highest BCUT2D eigenvalue weighted by atomic mass is 32.2. The first kappa shape index (κ1) is 17.2. The molecule has 0 aromatic rings. The number of carbonyl (C=O) groups is 2. The fourth-order valence-corrected chi connectivity index (χ4v) is 5.42. The molecular weight excluding hydrogens is 308 g/mol. The molecule has 2 rings (SSSR count). The highest BCUT2D eigenvalue weighted by Crippen LogP contribution is 2.22. The van der Waals surface area contributed by atoms with Crippen molar-refractivity contribution < 1.29 is 27.6 Å². The Balaban J connectivity index is 1.78. The smallest absolute Gasteiger partial charge is 0.309 e. The maximum atomic E-state index is 12.1. The standard InChI is InChI=1S/C14H24N2O5S/c1-14(5-8-22(19,20)10-14)15-12(17)9-16-6-3-11(4-7-16)13(18)21-2/h11H,3-10H2,1-2H3,(H,15,17)/p+1/t14-/m1/s1. The lowest BCUT2D eigenvalue weighted by molar-refractivity contribution is -0.897. The molecule has 2 aliphatic heterocycles. The fourth-order valence-electron chi connectivity index (χ4n) is 3.32. The Morgan fingerprint density at radius 3 is 2.45 bits per heavy atom. The summed E-state index contributed by atoms with van der Waals surface area (Å²) in [6.45, 7) is 3.61. The highest BCUT2D eigenvalue weighted by Gasteiger charge is 2.40. The van der Waals surface area contributed by atoms with Gasteiger partial charge in [0.25, 0.3) is 5.91 Å². The number of piperidine rings is 1. The summed E-state index contributed by atoms with van der Waals surface area (Å²) < 4.78 is 27.8. The van der Waals surface area contributed by atoms with Crippen molar-refractivity contribution in [2.75, 3.05) is 38.2 Å². The van der Waals surface area contributed by atoms with E-state index in [0.717, 1.165) is 30.8 Å². The first-order valence-corrected chi connectivity index (χ1v) is 9.48. The molecule has 0 saturated carbocycles. The van der Waals surface area contributed by atoms with Crippen LogP contribution in [0.3, 0.4) is 0 Å². The molecule has 0 aromatic heterocycles. The summed E-state index contributed by atoms with van der Waals surface area (Å²) in [6.07, 6.45) is 1.92. The van der Waals surface area contributed by atoms with E-state index in [9.17, 15) is 18.0 Å². The summed E-state index contributed by atoms with van der Waals surface area (Å²) in [5.41, 5.74) is -0.639. The maximum Gasteiger partial charge on any atom is 0.309 e. The van der Waals surface area contributed by atoms with Gasteiger partial charge in [-0.3, -0.25) is 9.59 Å². The molecule has 7 nitrogen and oxygen atoms in total. The molecule has 1 amide bonds. The van der Waals surface area contributed by atoms with Crippen LogP contribution in [0.1, 0.15) is 26.2 Å². The third kappa shape index (κ3) is 4.42. The number of ether oxygens (including phenoxy) is 1. The SMILES string of the molecule is COC(=O)C1CC[NH+](CC(=O)N[C@]2(C)CCS(=O)(=O)C2)CC1. The van der Waals surface area contributed by atoms with Gasteiger partial charge in [0.15, 0.2) is 16.4 Å². The van der Waals surface area contributed by atoms with E-state index in [4.69, 9.17) is 4.74 Å². The van der Waals surface area contributed by atoms with E-state index in [1.807, 2.05) is 0 Å². The van der Waals surface area contributed by atoms with Crippen molar-refractivity contribution in [3.05, 3.63) is 0 Å². The van der Waals surface area contributed by atoms with Gasteiger partial charge in [0.1, 0.15) is 0 Å². The average molecular weight is 333 g/mol. The van der Waals surface area contributed by atoms with Crippen LogP contribution in [0, 0.1) is 5.92 Å². The van der Waals surface area contributed by atoms with Gasteiger partial charge in [-0.25, -0.2) is 8.42 Å². The number of amides is 1. The van der Waals surface area contributed by atoms with Crippen molar-refractivity contribution in [1.29, 1.82) is 0 Å². The summed E-state index contributed by atoms with van der Waals surface area (Å²) in [7, 11) is -1.63. The van der Waals surface area contributed by atoms with Gasteiger partial charge in [0.2, 0.25) is 0 Å². The van der Waals surface area contributed by atoms with E-state index in [-0.39, 0.29) is 29.3 Å². The van der Waals surface area contributed by atoms with Crippen molar-refractivity contribution >= 4 is 21.7 Å². The Morgan fingerprint density at radius 1 is 1.32 bits per heavy atom. The van der Waals surface area contributed by atoms with Crippen LogP contribution in [0.2, 0.25) is 0 Å². The molecule has 22 heavy (non-hydrogen) atoms. The number of carbonyl (C=O) groups excluding carboxylic acids is 2. The molecule has 2 heterocycles. The molecule has 2 fully saturated rings. The minimum absolute atomic E-state index is 0.0193. The van der Waals surface area contributed by atoms with Crippen LogP contribution in [0.5, 0.6) is 0 Å². The lowest BCUT2D eigenvalue weighted by atomic mass is 9.97. The Hall–Kier alpha value is -1.15. The molecule has 1 atom stereocenters. The Kier molecular flexibility index (Phi) is 5.11. The molecule has 0 bridgehead atoms. The number of methoxy groups -OCH3 is 1. The van der Waals surface area contributed by atoms with Crippen molar-refractivity contribution in [2.45, 2.75) is 31.7 Å². The van der Waals surface area contributed by atoms with Crippen LogP contribution in [0.4, 0.5) is 0 Å². The molecule has 0 spiro atoms. The van der Waals surface area contributed by atoms with Crippen LogP contribution in [-0.2, 0) is 24.2 Å². The number of nitrogens with one attached hydrogen (secondary N) is 2. The fraction of sp³-hybridized carbons (Fsp3) is 0.857. The van der Waals surface area contributed by atoms with E-state index in [1.165, 1.54) is 7.11 Å². The lowest BCUT2D eigenvalue weighted by Crippen LogP contribution is -3.14. The average Bonchev–Trinajstić information content (AvgIpc) is 2.72. The van der Waals surface area contributed by atoms with Crippen LogP contribution < -0.4 is 10.2 Å². The van der Waals surface area contributed by atoms with Gasteiger partial charge in [-0.15, -0.1) is 0 Å². The summed E-state index contributed by atoms with van der Waals surface area (Å²) in [6, 6.07) is 0. The number of quaternary nitrogens is 1. The number of hydrogen-bond donors (Lipinski definition) is 2. The molecule has 126 valence electrons. The summed E-state index contributed by atoms with van der Waals surface area (Å²) in [5.74, 6) is -0.195. The molecule has 0 unspecified atom stereocenters. The van der Waals surface area contributed by atoms with E-state index >= 15 is 0 Å². The minimum atomic E-state index is -3.03. The first-order valence-electron chi connectivity index (χ1n) is 7.66. The van der Waals surface area contributed by atoms with Gasteiger partial charge in [-0.05, 0) is 13.3 Å². The monoisotopic (exact) mass is 333 g/mol. The second-order valence-electron chi connectivity index (χ2n) is 6.68. The molecule has 2 aliphatic rings. The van der Waals surface area contributed by atoms with E-state index in [0.29, 0.717) is 13.0 Å². The summed E-state index contributed by atoms with van der Waals surface area (Å²) in [4.78, 5) is 24.7. The third-order valence-electron chi connectivity index (χ3n) is 4.58. The van der Waals surface area contributed by atoms with Gasteiger partial charge < -0.3 is 15.0 Å². The zero-order valence-electron chi connectivity index (χ0n) is 13.2. The van der Waals surface area contributed by atoms with Gasteiger partial charge in [-0.1, -0.05) is 0 Å². The normalized spacial score (nSPS) is 34.1. The van der Waals surface area contributed by atoms with Crippen molar-refractivity contribution in [1.82, 2.24) is 5.32 Å². The van der Waals surface area contributed by atoms with Crippen molar-refractivity contribution in [3.63, 3.8) is 0 Å². The van der Waals surface area contributed by atoms with Gasteiger partial charge in [0, 0.05) is 12.8 Å². The highest BCUT2D eigenvalue weighted by molar-refractivity contribution is 7.91. The zero-order chi connectivity index (χ0) is 16.4. The molecule has 0 aliphatic carbocycles. The van der Waals surface area contributed by atoms with Crippen LogP contribution in [-0.4, -0.2) is 64.1 Å². The van der Waals surface area contributed by atoms with E-state index in [2.05, 4.69) is 5.32 Å². The third-order valence-corrected chi connectivity index (χ3v) is 6.49. The predicted octanol–water partition coefficient (Wildman–Crippen LogP) is -1.85. The minimum Gasteiger partial charge on any atom is -0.469 e. The van der Waals surface area contributed by atoms with Crippen LogP contribution >= 0.6 is 0 Å². The quantitative estimate of drug-likeness (QED) is 0.589. The number of esters is 1. The zero-order valence-corrected chi connectivity index (χ0v) is 14.0. The number of hydrogen-bond acceptors (Lipinski definition) is 5. The summed E-state index contributed by atoms with van der Waals surface area (Å²) in [5, 5.41) is 2.87. The largest absolute Gasteiger partial charge is 0.469 e. The Labute approximate surface area is 131 Å². The molecule has 0 radical (unpaired) electrons. The second kappa shape index (κ2) is 6.54. The van der Waals surface area contributed by atoms with Crippen LogP contribution in [0.25, 0.3) is 0 Å². The number of likely N-dealkylation sites (tertiary alicyclic amines) is 1. The summed E-state index contributed by atoms with van der Waals surface area (Å²) >= 11 is 0. The molecule has 0 aromatic carbocycles. The Morgan fingerprint density at radius 2 is 1.95 bits per heavy atom. The maximum absolute atomic E-state index is 12.1. The van der Waals surface area contributed by atoms with Gasteiger partial charge >= 0.3 is 5.97 Å². The van der Waals surface area contributed by atoms with E-state index in [1.54, 1.807) is 6.92 Å². The molecule has 2 saturated heterocycles. The number of rotatable bonds is 4. The molecular formula is C14H25N2O5S+. The Bertz CT molecular complexity index is 539. The topological polar surface area (TPSA) is 94.0 Å². The van der Waals surface area contributed by atoms with E-state index < -0.39 is 15.4 Å². The van der Waals surface area contributed by atoms with Crippen molar-refractivity contribution in [2.24, 2.45) is 5.92 Å². The van der Waals surface area contributed by atoms with Gasteiger partial charge in [-0.2, -0.15) is 0 Å². The van der Waals surface area contributed by atoms with Gasteiger partial charge in [0.05, 0.1) is 43.2 Å². The number of sulfone groups is 1. The second-order valence-corrected chi connectivity index (χ2v) is 8.86. The molecule has 2 N–H and O–H groups in total. The van der Waals surface area contributed by atoms with Crippen LogP contribution in [0.15, 0.2) is 0 Å². The lowest BCUT2D eigenvalue weighted by Gasteiger charge is -2.29. The molecule has 8 heteroatoms. The predicted molar refractivity (Wildman–Crippen MR) is 80.1 cm³/mol. The first-order chi connectivity index (χ1) is 10.2.